The van der Waals surface area contributed by atoms with Crippen LogP contribution in [0.1, 0.15) is 135 Å². The van der Waals surface area contributed by atoms with E-state index in [1.807, 2.05) is 90.8 Å². The van der Waals surface area contributed by atoms with Crippen LogP contribution in [0.25, 0.3) is 21.9 Å². The normalized spacial score (nSPS) is 20.0. The number of aliphatic hydroxyl groups excluding tert-OH is 3. The molecule has 3 aromatic carbocycles. The van der Waals surface area contributed by atoms with Crippen molar-refractivity contribution in [2.24, 2.45) is 16.2 Å². The summed E-state index contributed by atoms with van der Waals surface area (Å²) in [6.07, 6.45) is 12.1. The number of amides is 1. The van der Waals surface area contributed by atoms with E-state index in [-0.39, 0.29) is 62.9 Å². The van der Waals surface area contributed by atoms with Gasteiger partial charge in [-0.1, -0.05) is 114 Å². The van der Waals surface area contributed by atoms with Crippen molar-refractivity contribution in [1.82, 2.24) is 49.9 Å². The van der Waals surface area contributed by atoms with Crippen molar-refractivity contribution in [3.8, 4) is 40.1 Å². The predicted octanol–water partition coefficient (Wildman–Crippen LogP) is 10.6. The van der Waals surface area contributed by atoms with Gasteiger partial charge in [0, 0.05) is 96.0 Å². The second-order valence-electron chi connectivity index (χ2n) is 26.3. The van der Waals surface area contributed by atoms with Crippen LogP contribution in [-0.4, -0.2) is 134 Å². The standard InChI is InChI=1S/C24H30N6O2.C23H27N7O2.C23H26N6OS.3H2/c1-24(2)19(12-20(24)31)28-22-18(13-25)14-27-23(29-22)26-10-9-16-5-7-17(8-6-16)15-30-11-3-4-21(30)32;1-4-19-28-21(32-30-19)15-7-5-14(6-8-15)9-10-25-22-26-13-16(12-24)20(29-22)27-17-11-18(31)23(17,2)3;1-14-26-13-18(31-14)16-6-4-15(5-7-16)8-9-25-22-27-12-17(11-24)21(29-22)28-19-10-20(30)23(19,2)3;;;/h5-8,14,19-20,31H,3-4,9-12,15H2,1-2H3,(H2,26,27,28,29);5-8,13,17-18,31H,4,9-11H2,1-3H3,(H2,25,26,27,29);4-7,12-13,19-20,30H,8-10H2,1-3H3,(H2,25,27,28,29);3*1H/t19-,20+;17-,18+;19-,20+;;;/m111.../s1. The molecule has 500 valence electrons. The number of anilines is 6. The van der Waals surface area contributed by atoms with Crippen molar-refractivity contribution in [3.05, 3.63) is 147 Å². The van der Waals surface area contributed by atoms with Gasteiger partial charge in [-0.2, -0.15) is 35.7 Å². The Morgan fingerprint density at radius 3 is 1.32 bits per heavy atom. The number of nitriles is 3. The molecule has 4 aliphatic rings. The number of carbonyl (C=O) groups is 1. The molecule has 3 saturated carbocycles. The van der Waals surface area contributed by atoms with Crippen LogP contribution in [0.5, 0.6) is 0 Å². The molecular weight excluding hydrogens is 1220 g/mol. The fourth-order valence-electron chi connectivity index (χ4n) is 11.4. The second-order valence-corrected chi connectivity index (χ2v) is 27.5. The maximum atomic E-state index is 11.8. The monoisotopic (exact) mass is 1310 g/mol. The fourth-order valence-corrected chi connectivity index (χ4v) is 12.2. The lowest BCUT2D eigenvalue weighted by molar-refractivity contribution is -0.128. The average Bonchev–Trinajstić information content (AvgIpc) is 0.815. The number of rotatable bonds is 23. The first-order chi connectivity index (χ1) is 45.6. The predicted molar refractivity (Wildman–Crippen MR) is 371 cm³/mol. The van der Waals surface area contributed by atoms with Gasteiger partial charge in [0.2, 0.25) is 23.8 Å². The number of nitrogens with zero attached hydrogens (tertiary/aromatic N) is 13. The van der Waals surface area contributed by atoms with E-state index in [0.29, 0.717) is 116 Å². The number of hydrogen-bond donors (Lipinski definition) is 9. The van der Waals surface area contributed by atoms with E-state index < -0.39 is 0 Å². The molecule has 0 unspecified atom stereocenters. The summed E-state index contributed by atoms with van der Waals surface area (Å²) in [4.78, 5) is 49.8. The highest BCUT2D eigenvalue weighted by molar-refractivity contribution is 7.15. The van der Waals surface area contributed by atoms with E-state index in [2.05, 4.69) is 144 Å². The number of aliphatic hydroxyl groups is 3. The van der Waals surface area contributed by atoms with Gasteiger partial charge in [0.15, 0.2) is 5.82 Å². The summed E-state index contributed by atoms with van der Waals surface area (Å²) < 4.78 is 5.28. The Kier molecular flexibility index (Phi) is 21.6. The van der Waals surface area contributed by atoms with Gasteiger partial charge in [-0.25, -0.2) is 19.9 Å². The average molecular weight is 1310 g/mol. The van der Waals surface area contributed by atoms with Crippen LogP contribution in [0, 0.1) is 57.2 Å². The fraction of sp³-hybridized carbons (Fsp3) is 0.443. The molecule has 5 aromatic heterocycles. The minimum Gasteiger partial charge on any atom is -0.392 e. The van der Waals surface area contributed by atoms with Gasteiger partial charge in [-0.3, -0.25) is 4.79 Å². The molecule has 0 spiro atoms. The van der Waals surface area contributed by atoms with E-state index >= 15 is 0 Å². The number of benzene rings is 3. The van der Waals surface area contributed by atoms with E-state index in [0.717, 1.165) is 60.3 Å². The third-order valence-electron chi connectivity index (χ3n) is 18.8. The molecule has 3 aliphatic carbocycles. The molecule has 1 amide bonds. The van der Waals surface area contributed by atoms with Crippen LogP contribution in [0.15, 0.2) is 102 Å². The van der Waals surface area contributed by atoms with Gasteiger partial charge in [0.1, 0.15) is 52.4 Å². The first kappa shape index (κ1) is 68.2. The van der Waals surface area contributed by atoms with Gasteiger partial charge in [-0.05, 0) is 91.8 Å². The van der Waals surface area contributed by atoms with Crippen LogP contribution in [0.4, 0.5) is 35.3 Å². The zero-order valence-electron chi connectivity index (χ0n) is 55.0. The molecule has 6 atom stereocenters. The summed E-state index contributed by atoms with van der Waals surface area (Å²) in [7, 11) is 0. The molecule has 95 heavy (non-hydrogen) atoms. The number of aromatic nitrogens is 9. The summed E-state index contributed by atoms with van der Waals surface area (Å²) >= 11 is 1.69. The van der Waals surface area contributed by atoms with Crippen LogP contribution in [-0.2, 0) is 37.0 Å². The molecule has 1 aliphatic heterocycles. The highest BCUT2D eigenvalue weighted by Gasteiger charge is 2.49. The highest BCUT2D eigenvalue weighted by Crippen LogP contribution is 2.44. The number of likely N-dealkylation sites (tertiary alicyclic amines) is 1. The van der Waals surface area contributed by atoms with Crippen LogP contribution in [0.3, 0.4) is 0 Å². The number of thiazole rings is 1. The molecule has 1 saturated heterocycles. The molecule has 12 rings (SSSR count). The number of aryl methyl sites for hydroxylation is 2. The third-order valence-corrected chi connectivity index (χ3v) is 19.8. The summed E-state index contributed by atoms with van der Waals surface area (Å²) in [5.41, 5.74) is 7.15. The molecule has 6 heterocycles. The molecule has 0 bridgehead atoms. The Morgan fingerprint density at radius 1 is 0.579 bits per heavy atom. The lowest BCUT2D eigenvalue weighted by atomic mass is 9.64. The van der Waals surface area contributed by atoms with Crippen molar-refractivity contribution >= 4 is 52.5 Å². The lowest BCUT2D eigenvalue weighted by Crippen LogP contribution is -2.57. The summed E-state index contributed by atoms with van der Waals surface area (Å²) in [6.45, 7) is 19.5. The maximum absolute atomic E-state index is 11.8. The Bertz CT molecular complexity index is 4080. The molecule has 24 nitrogen and oxygen atoms in total. The van der Waals surface area contributed by atoms with Gasteiger partial charge in [0.05, 0.1) is 46.8 Å². The Labute approximate surface area is 562 Å². The van der Waals surface area contributed by atoms with E-state index in [4.69, 9.17) is 4.52 Å². The molecule has 0 radical (unpaired) electrons. The minimum absolute atomic E-state index is 0. The van der Waals surface area contributed by atoms with Crippen molar-refractivity contribution in [3.63, 3.8) is 0 Å². The number of hydrogen-bond acceptors (Lipinski definition) is 24. The Hall–Kier alpha value is -9.71. The smallest absolute Gasteiger partial charge is 0.257 e. The third kappa shape index (κ3) is 16.6. The summed E-state index contributed by atoms with van der Waals surface area (Å²) in [5, 5.41) is 82.6. The Morgan fingerprint density at radius 2 is 0.979 bits per heavy atom. The molecule has 8 aromatic rings. The van der Waals surface area contributed by atoms with E-state index in [1.165, 1.54) is 40.2 Å². The van der Waals surface area contributed by atoms with Gasteiger partial charge in [-0.15, -0.1) is 11.3 Å². The number of nitrogens with one attached hydrogen (secondary N) is 6. The van der Waals surface area contributed by atoms with E-state index in [9.17, 15) is 35.9 Å². The summed E-state index contributed by atoms with van der Waals surface area (Å²) in [5.74, 6) is 4.37. The van der Waals surface area contributed by atoms with Gasteiger partial charge in [0.25, 0.3) is 5.89 Å². The first-order valence-corrected chi connectivity index (χ1v) is 33.1. The second kappa shape index (κ2) is 30.1. The van der Waals surface area contributed by atoms with Crippen molar-refractivity contribution in [2.45, 2.75) is 156 Å². The van der Waals surface area contributed by atoms with Crippen molar-refractivity contribution < 1.29 is 28.9 Å². The highest BCUT2D eigenvalue weighted by atomic mass is 32.1. The Balaban J connectivity index is 0.000000204. The first-order valence-electron chi connectivity index (χ1n) is 32.3. The van der Waals surface area contributed by atoms with E-state index in [1.54, 1.807) is 11.3 Å². The van der Waals surface area contributed by atoms with Crippen molar-refractivity contribution in [2.75, 3.05) is 58.1 Å². The van der Waals surface area contributed by atoms with Gasteiger partial charge < -0.3 is 56.6 Å². The summed E-state index contributed by atoms with van der Waals surface area (Å²) in [6, 6.07) is 31.4. The van der Waals surface area contributed by atoms with Crippen LogP contribution < -0.4 is 31.9 Å². The largest absolute Gasteiger partial charge is 0.392 e. The molecular formula is C70H89N19O5S. The van der Waals surface area contributed by atoms with Gasteiger partial charge >= 0.3 is 0 Å². The molecule has 25 heteroatoms. The zero-order chi connectivity index (χ0) is 67.4. The quantitative estimate of drug-likeness (QED) is 0.0287. The SMILES string of the molecule is CC1(C)[C@@H](O)C[C@H]1Nc1nc(NCCc2ccc(CN3CCCC3=O)cc2)ncc1C#N.CCc1noc(-c2ccc(CCNc3ncc(C#N)c(N[C@@H]4C[C@H](O)C4(C)C)n3)cc2)n1.Cc1ncc(-c2ccc(CCNc3ncc(C#N)c(N[C@@H]4C[C@H](O)C4(C)C)n3)cc2)s1.[HH].[HH].[HH]. The zero-order valence-corrected chi connectivity index (χ0v) is 55.8. The van der Waals surface area contributed by atoms with Crippen molar-refractivity contribution in [1.29, 1.82) is 15.8 Å². The van der Waals surface area contributed by atoms with Crippen LogP contribution in [0.2, 0.25) is 0 Å². The minimum atomic E-state index is -0.357. The maximum Gasteiger partial charge on any atom is 0.257 e. The topological polar surface area (TPSA) is 354 Å². The number of carbonyl (C=O) groups excluding carboxylic acids is 1. The molecule has 9 N–H and O–H groups in total. The molecule has 4 fully saturated rings. The lowest BCUT2D eigenvalue weighted by Gasteiger charge is -2.49. The van der Waals surface area contributed by atoms with Crippen LogP contribution >= 0.6 is 11.3 Å².